The van der Waals surface area contributed by atoms with Gasteiger partial charge in [-0.25, -0.2) is 9.78 Å². The maximum absolute atomic E-state index is 11.8. The van der Waals surface area contributed by atoms with Crippen LogP contribution in [0.15, 0.2) is 21.9 Å². The van der Waals surface area contributed by atoms with Gasteiger partial charge in [-0.1, -0.05) is 20.8 Å². The molecule has 2 aromatic heterocycles. The molecule has 0 radical (unpaired) electrons. The molecule has 0 saturated carbocycles. The van der Waals surface area contributed by atoms with E-state index >= 15 is 0 Å². The summed E-state index contributed by atoms with van der Waals surface area (Å²) in [6.07, 6.45) is 0. The molecular weight excluding hydrogens is 292 g/mol. The van der Waals surface area contributed by atoms with Crippen molar-refractivity contribution in [3.8, 4) is 0 Å². The van der Waals surface area contributed by atoms with Crippen molar-refractivity contribution in [2.75, 3.05) is 0 Å². The summed E-state index contributed by atoms with van der Waals surface area (Å²) in [7, 11) is 0. The average Bonchev–Trinajstić information content (AvgIpc) is 3.04. The molecule has 2 N–H and O–H groups in total. The van der Waals surface area contributed by atoms with Gasteiger partial charge in [0.2, 0.25) is 5.76 Å². The van der Waals surface area contributed by atoms with E-state index in [1.165, 1.54) is 23.5 Å². The summed E-state index contributed by atoms with van der Waals surface area (Å²) in [5, 5.41) is 14.1. The number of hydrogen-bond acceptors (Lipinski definition) is 5. The summed E-state index contributed by atoms with van der Waals surface area (Å²) in [5.74, 6) is -1.96. The number of aromatic nitrogens is 1. The molecule has 1 amide bonds. The maximum atomic E-state index is 11.8. The number of rotatable bonds is 4. The number of carbonyl (C=O) groups excluding carboxylic acids is 1. The number of carboxylic acid groups (broad SMARTS) is 1. The van der Waals surface area contributed by atoms with Crippen LogP contribution >= 0.6 is 11.3 Å². The van der Waals surface area contributed by atoms with E-state index in [0.29, 0.717) is 0 Å². The summed E-state index contributed by atoms with van der Waals surface area (Å²) in [5.41, 5.74) is 0.943. The highest BCUT2D eigenvalue weighted by atomic mass is 32.1. The minimum absolute atomic E-state index is 0.0278. The van der Waals surface area contributed by atoms with E-state index in [1.807, 2.05) is 5.38 Å². The fraction of sp³-hybridized carbons (Fsp3) is 0.357. The first kappa shape index (κ1) is 15.2. The number of furan rings is 1. The van der Waals surface area contributed by atoms with Gasteiger partial charge in [0.05, 0.1) is 12.2 Å². The summed E-state index contributed by atoms with van der Waals surface area (Å²) in [6, 6.07) is 2.58. The van der Waals surface area contributed by atoms with Gasteiger partial charge in [0.15, 0.2) is 5.76 Å². The number of nitrogens with zero attached hydrogens (tertiary/aromatic N) is 1. The molecule has 7 heteroatoms. The largest absolute Gasteiger partial charge is 0.475 e. The van der Waals surface area contributed by atoms with Crippen LogP contribution in [-0.2, 0) is 12.0 Å². The van der Waals surface area contributed by atoms with Crippen LogP contribution in [0.4, 0.5) is 0 Å². The van der Waals surface area contributed by atoms with Crippen molar-refractivity contribution >= 4 is 23.2 Å². The third kappa shape index (κ3) is 3.69. The average molecular weight is 308 g/mol. The van der Waals surface area contributed by atoms with Gasteiger partial charge in [-0.05, 0) is 12.1 Å². The molecule has 21 heavy (non-hydrogen) atoms. The molecular formula is C14H16N2O4S. The number of amides is 1. The van der Waals surface area contributed by atoms with E-state index in [1.54, 1.807) is 0 Å². The van der Waals surface area contributed by atoms with Crippen LogP contribution in [0.5, 0.6) is 0 Å². The number of carboxylic acids is 1. The van der Waals surface area contributed by atoms with E-state index in [0.717, 1.165) is 10.7 Å². The minimum atomic E-state index is -1.20. The second-order valence-electron chi connectivity index (χ2n) is 5.53. The lowest BCUT2D eigenvalue weighted by Gasteiger charge is -2.14. The van der Waals surface area contributed by atoms with Gasteiger partial charge in [-0.2, -0.15) is 0 Å². The van der Waals surface area contributed by atoms with Gasteiger partial charge in [0.25, 0.3) is 5.91 Å². The summed E-state index contributed by atoms with van der Waals surface area (Å²) < 4.78 is 4.93. The molecule has 2 aromatic rings. The first-order chi connectivity index (χ1) is 9.77. The number of thiazole rings is 1. The second-order valence-corrected chi connectivity index (χ2v) is 6.47. The van der Waals surface area contributed by atoms with E-state index in [2.05, 4.69) is 31.1 Å². The molecule has 2 rings (SSSR count). The van der Waals surface area contributed by atoms with Crippen LogP contribution in [0.2, 0.25) is 0 Å². The van der Waals surface area contributed by atoms with Crippen LogP contribution in [0.1, 0.15) is 52.6 Å². The molecule has 6 nitrogen and oxygen atoms in total. The zero-order chi connectivity index (χ0) is 15.6. The molecule has 0 aliphatic rings. The molecule has 0 fully saturated rings. The zero-order valence-corrected chi connectivity index (χ0v) is 12.8. The molecule has 0 aliphatic carbocycles. The Labute approximate surface area is 125 Å². The Morgan fingerprint density at radius 2 is 2.00 bits per heavy atom. The van der Waals surface area contributed by atoms with Crippen LogP contribution in [-0.4, -0.2) is 22.0 Å². The Morgan fingerprint density at radius 1 is 1.33 bits per heavy atom. The lowest BCUT2D eigenvalue weighted by molar-refractivity contribution is 0.0659. The van der Waals surface area contributed by atoms with Crippen LogP contribution in [0.25, 0.3) is 0 Å². The Balaban J connectivity index is 1.97. The first-order valence-electron chi connectivity index (χ1n) is 6.33. The highest BCUT2D eigenvalue weighted by Crippen LogP contribution is 2.23. The summed E-state index contributed by atoms with van der Waals surface area (Å²) in [6.45, 7) is 6.49. The van der Waals surface area contributed by atoms with Gasteiger partial charge >= 0.3 is 5.97 Å². The molecule has 0 saturated heterocycles. The standard InChI is InChI=1S/C14H16N2O4S/c1-14(2,3)10-7-21-11(16-10)6-15-12(17)8-4-5-9(20-8)13(18)19/h4-5,7H,6H2,1-3H3,(H,15,17)(H,18,19). The van der Waals surface area contributed by atoms with Gasteiger partial charge in [0, 0.05) is 10.8 Å². The number of hydrogen-bond donors (Lipinski definition) is 2. The van der Waals surface area contributed by atoms with Crippen molar-refractivity contribution in [1.82, 2.24) is 10.3 Å². The lowest BCUT2D eigenvalue weighted by atomic mass is 9.93. The van der Waals surface area contributed by atoms with Crippen molar-refractivity contribution in [2.24, 2.45) is 0 Å². The SMILES string of the molecule is CC(C)(C)c1csc(CNC(=O)c2ccc(C(=O)O)o2)n1. The molecule has 0 unspecified atom stereocenters. The Morgan fingerprint density at radius 3 is 2.52 bits per heavy atom. The highest BCUT2D eigenvalue weighted by molar-refractivity contribution is 7.09. The van der Waals surface area contributed by atoms with Crippen LogP contribution < -0.4 is 5.32 Å². The molecule has 2 heterocycles. The third-order valence-corrected chi connectivity index (χ3v) is 3.61. The molecule has 0 spiro atoms. The van der Waals surface area contributed by atoms with Crippen LogP contribution in [0.3, 0.4) is 0 Å². The number of carbonyl (C=O) groups is 2. The first-order valence-corrected chi connectivity index (χ1v) is 7.21. The van der Waals surface area contributed by atoms with Crippen molar-refractivity contribution in [3.05, 3.63) is 39.7 Å². The Bertz CT molecular complexity index is 667. The number of aromatic carboxylic acids is 1. The van der Waals surface area contributed by atoms with Crippen molar-refractivity contribution in [2.45, 2.75) is 32.7 Å². The fourth-order valence-corrected chi connectivity index (χ4v) is 2.51. The summed E-state index contributed by atoms with van der Waals surface area (Å²) in [4.78, 5) is 27.0. The van der Waals surface area contributed by atoms with Crippen molar-refractivity contribution < 1.29 is 19.1 Å². The van der Waals surface area contributed by atoms with E-state index in [9.17, 15) is 9.59 Å². The van der Waals surface area contributed by atoms with Crippen molar-refractivity contribution in [1.29, 1.82) is 0 Å². The quantitative estimate of drug-likeness (QED) is 0.906. The van der Waals surface area contributed by atoms with Gasteiger partial charge < -0.3 is 14.8 Å². The fourth-order valence-electron chi connectivity index (χ4n) is 1.55. The van der Waals surface area contributed by atoms with Crippen LogP contribution in [0, 0.1) is 0 Å². The monoisotopic (exact) mass is 308 g/mol. The Hall–Kier alpha value is -2.15. The predicted molar refractivity (Wildman–Crippen MR) is 77.7 cm³/mol. The van der Waals surface area contributed by atoms with E-state index in [-0.39, 0.29) is 23.5 Å². The van der Waals surface area contributed by atoms with Gasteiger partial charge in [-0.3, -0.25) is 4.79 Å². The molecule has 112 valence electrons. The number of nitrogens with one attached hydrogen (secondary N) is 1. The molecule has 0 atom stereocenters. The Kier molecular flexibility index (Phi) is 4.13. The van der Waals surface area contributed by atoms with Gasteiger partial charge in [-0.15, -0.1) is 11.3 Å². The second kappa shape index (κ2) is 5.69. The molecule has 0 bridgehead atoms. The maximum Gasteiger partial charge on any atom is 0.371 e. The molecule has 0 aromatic carbocycles. The lowest BCUT2D eigenvalue weighted by Crippen LogP contribution is -2.22. The van der Waals surface area contributed by atoms with Gasteiger partial charge in [0.1, 0.15) is 5.01 Å². The molecule has 0 aliphatic heterocycles. The summed E-state index contributed by atoms with van der Waals surface area (Å²) >= 11 is 1.47. The van der Waals surface area contributed by atoms with Crippen molar-refractivity contribution in [3.63, 3.8) is 0 Å². The highest BCUT2D eigenvalue weighted by Gasteiger charge is 2.18. The minimum Gasteiger partial charge on any atom is -0.475 e. The third-order valence-electron chi connectivity index (χ3n) is 2.76. The normalized spacial score (nSPS) is 11.4. The van der Waals surface area contributed by atoms with E-state index in [4.69, 9.17) is 9.52 Å². The zero-order valence-electron chi connectivity index (χ0n) is 12.0. The smallest absolute Gasteiger partial charge is 0.371 e. The van der Waals surface area contributed by atoms with E-state index < -0.39 is 11.9 Å². The predicted octanol–water partition coefficient (Wildman–Crippen LogP) is 2.66. The topological polar surface area (TPSA) is 92.4 Å².